The molecule has 6 heteroatoms. The summed E-state index contributed by atoms with van der Waals surface area (Å²) in [6.45, 7) is 8.64. The molecule has 0 unspecified atom stereocenters. The molecule has 124 valence electrons. The highest BCUT2D eigenvalue weighted by atomic mass is 127. The average molecular weight is 419 g/mol. The van der Waals surface area contributed by atoms with Crippen LogP contribution < -0.4 is 10.6 Å². The third kappa shape index (κ3) is 7.63. The van der Waals surface area contributed by atoms with Gasteiger partial charge in [0, 0.05) is 13.1 Å². The highest BCUT2D eigenvalue weighted by Gasteiger charge is 2.05. The Morgan fingerprint density at radius 3 is 2.36 bits per heavy atom. The zero-order valence-corrected chi connectivity index (χ0v) is 15.8. The fourth-order valence-corrected chi connectivity index (χ4v) is 1.72. The first-order valence-corrected chi connectivity index (χ1v) is 7.49. The van der Waals surface area contributed by atoms with Gasteiger partial charge in [0.25, 0.3) is 0 Å². The number of carbonyl (C=O) groups excluding carboxylic acids is 1. The van der Waals surface area contributed by atoms with Crippen LogP contribution >= 0.6 is 24.0 Å². The van der Waals surface area contributed by atoms with Gasteiger partial charge in [-0.05, 0) is 38.0 Å². The molecule has 0 aliphatic heterocycles. The Kier molecular flexibility index (Phi) is 11.5. The van der Waals surface area contributed by atoms with Crippen molar-refractivity contribution in [2.75, 3.05) is 19.7 Å². The summed E-state index contributed by atoms with van der Waals surface area (Å²) in [5, 5.41) is 6.45. The Labute approximate surface area is 149 Å². The number of rotatable bonds is 7. The Bertz CT molecular complexity index is 461. The minimum Gasteiger partial charge on any atom is -0.462 e. The molecular weight excluding hydrogens is 393 g/mol. The second-order valence-corrected chi connectivity index (χ2v) is 4.54. The van der Waals surface area contributed by atoms with Gasteiger partial charge >= 0.3 is 5.97 Å². The van der Waals surface area contributed by atoms with Crippen LogP contribution in [0.2, 0.25) is 0 Å². The average Bonchev–Trinajstić information content (AvgIpc) is 2.51. The summed E-state index contributed by atoms with van der Waals surface area (Å²) >= 11 is 0. The van der Waals surface area contributed by atoms with E-state index in [2.05, 4.69) is 22.5 Å². The molecule has 22 heavy (non-hydrogen) atoms. The predicted molar refractivity (Wildman–Crippen MR) is 101 cm³/mol. The van der Waals surface area contributed by atoms with Crippen molar-refractivity contribution < 1.29 is 9.53 Å². The predicted octanol–water partition coefficient (Wildman–Crippen LogP) is 2.95. The van der Waals surface area contributed by atoms with Gasteiger partial charge in [-0.25, -0.2) is 9.79 Å². The van der Waals surface area contributed by atoms with Crippen molar-refractivity contribution in [2.45, 2.75) is 33.7 Å². The molecule has 0 saturated carbocycles. The smallest absolute Gasteiger partial charge is 0.338 e. The summed E-state index contributed by atoms with van der Waals surface area (Å²) in [7, 11) is 0. The maximum atomic E-state index is 11.6. The third-order valence-corrected chi connectivity index (χ3v) is 2.77. The minimum absolute atomic E-state index is 0. The fourth-order valence-electron chi connectivity index (χ4n) is 1.72. The Balaban J connectivity index is 0.00000441. The van der Waals surface area contributed by atoms with Crippen LogP contribution in [0.15, 0.2) is 29.3 Å². The number of hydrogen-bond donors (Lipinski definition) is 2. The molecular formula is C16H26IN3O2. The van der Waals surface area contributed by atoms with E-state index in [4.69, 9.17) is 4.74 Å². The molecule has 0 saturated heterocycles. The fraction of sp³-hybridized carbons (Fsp3) is 0.500. The van der Waals surface area contributed by atoms with Gasteiger partial charge in [0.1, 0.15) is 0 Å². The monoisotopic (exact) mass is 419 g/mol. The summed E-state index contributed by atoms with van der Waals surface area (Å²) in [5.41, 5.74) is 1.62. The molecule has 0 atom stereocenters. The number of carbonyl (C=O) groups is 1. The zero-order valence-electron chi connectivity index (χ0n) is 13.5. The molecule has 0 amide bonds. The molecule has 0 heterocycles. The lowest BCUT2D eigenvalue weighted by Gasteiger charge is -2.10. The van der Waals surface area contributed by atoms with E-state index in [9.17, 15) is 4.79 Å². The number of hydrogen-bond acceptors (Lipinski definition) is 3. The zero-order chi connectivity index (χ0) is 15.5. The van der Waals surface area contributed by atoms with E-state index in [1.165, 1.54) is 0 Å². The lowest BCUT2D eigenvalue weighted by Crippen LogP contribution is -2.37. The van der Waals surface area contributed by atoms with Gasteiger partial charge in [-0.3, -0.25) is 0 Å². The number of halogens is 1. The molecule has 0 bridgehead atoms. The lowest BCUT2D eigenvalue weighted by atomic mass is 10.1. The van der Waals surface area contributed by atoms with Crippen LogP contribution in [0.25, 0.3) is 0 Å². The van der Waals surface area contributed by atoms with Crippen molar-refractivity contribution in [1.29, 1.82) is 0 Å². The van der Waals surface area contributed by atoms with Gasteiger partial charge < -0.3 is 15.4 Å². The first-order valence-electron chi connectivity index (χ1n) is 7.49. The third-order valence-electron chi connectivity index (χ3n) is 2.77. The minimum atomic E-state index is -0.287. The topological polar surface area (TPSA) is 62.7 Å². The van der Waals surface area contributed by atoms with Gasteiger partial charge in [-0.15, -0.1) is 24.0 Å². The van der Waals surface area contributed by atoms with E-state index in [-0.39, 0.29) is 29.9 Å². The molecule has 0 aliphatic rings. The second kappa shape index (κ2) is 12.3. The van der Waals surface area contributed by atoms with Gasteiger partial charge in [0.05, 0.1) is 18.7 Å². The quantitative estimate of drug-likeness (QED) is 0.309. The number of guanidine groups is 1. The van der Waals surface area contributed by atoms with Gasteiger partial charge in [-0.1, -0.05) is 19.1 Å². The van der Waals surface area contributed by atoms with Crippen LogP contribution in [0.3, 0.4) is 0 Å². The molecule has 0 fully saturated rings. The number of esters is 1. The SMILES string of the molecule is CCCNC(=NCc1ccc(C(=O)OCC)cc1)NCC.I. The van der Waals surface area contributed by atoms with Crippen molar-refractivity contribution in [3.8, 4) is 0 Å². The molecule has 1 aromatic carbocycles. The van der Waals surface area contributed by atoms with E-state index < -0.39 is 0 Å². The van der Waals surface area contributed by atoms with Gasteiger partial charge in [0.15, 0.2) is 5.96 Å². The molecule has 5 nitrogen and oxygen atoms in total. The van der Waals surface area contributed by atoms with Crippen LogP contribution in [0.1, 0.15) is 43.1 Å². The standard InChI is InChI=1S/C16H25N3O2.HI/c1-4-11-18-16(17-5-2)19-12-13-7-9-14(10-8-13)15(20)21-6-3;/h7-10H,4-6,11-12H2,1-3H3,(H2,17,18,19);1H. The largest absolute Gasteiger partial charge is 0.462 e. The maximum absolute atomic E-state index is 11.6. The van der Waals surface area contributed by atoms with E-state index in [1.54, 1.807) is 19.1 Å². The van der Waals surface area contributed by atoms with Crippen molar-refractivity contribution in [1.82, 2.24) is 10.6 Å². The van der Waals surface area contributed by atoms with Crippen molar-refractivity contribution in [3.05, 3.63) is 35.4 Å². The molecule has 1 rings (SSSR count). The van der Waals surface area contributed by atoms with E-state index in [1.807, 2.05) is 19.1 Å². The molecule has 0 spiro atoms. The van der Waals surface area contributed by atoms with Gasteiger partial charge in [-0.2, -0.15) is 0 Å². The summed E-state index contributed by atoms with van der Waals surface area (Å²) in [5.74, 6) is 0.527. The van der Waals surface area contributed by atoms with E-state index >= 15 is 0 Å². The molecule has 0 radical (unpaired) electrons. The normalized spacial score (nSPS) is 10.6. The van der Waals surface area contributed by atoms with Crippen LogP contribution in [-0.2, 0) is 11.3 Å². The van der Waals surface area contributed by atoms with Crippen molar-refractivity contribution in [2.24, 2.45) is 4.99 Å². The van der Waals surface area contributed by atoms with E-state index in [0.717, 1.165) is 31.0 Å². The number of nitrogens with zero attached hydrogens (tertiary/aromatic N) is 1. The Hall–Kier alpha value is -1.31. The summed E-state index contributed by atoms with van der Waals surface area (Å²) < 4.78 is 4.96. The van der Waals surface area contributed by atoms with E-state index in [0.29, 0.717) is 18.7 Å². The second-order valence-electron chi connectivity index (χ2n) is 4.54. The number of benzene rings is 1. The molecule has 1 aromatic rings. The van der Waals surface area contributed by atoms with Crippen LogP contribution in [0.5, 0.6) is 0 Å². The first kappa shape index (κ1) is 20.7. The van der Waals surface area contributed by atoms with Crippen molar-refractivity contribution in [3.63, 3.8) is 0 Å². The Morgan fingerprint density at radius 1 is 1.14 bits per heavy atom. The van der Waals surface area contributed by atoms with Crippen LogP contribution in [-0.4, -0.2) is 31.6 Å². The van der Waals surface area contributed by atoms with Gasteiger partial charge in [0.2, 0.25) is 0 Å². The highest BCUT2D eigenvalue weighted by Crippen LogP contribution is 2.07. The lowest BCUT2D eigenvalue weighted by molar-refractivity contribution is 0.0526. The van der Waals surface area contributed by atoms with Crippen LogP contribution in [0.4, 0.5) is 0 Å². The maximum Gasteiger partial charge on any atom is 0.338 e. The van der Waals surface area contributed by atoms with Crippen LogP contribution in [0, 0.1) is 0 Å². The molecule has 0 aliphatic carbocycles. The Morgan fingerprint density at radius 2 is 1.82 bits per heavy atom. The summed E-state index contributed by atoms with van der Waals surface area (Å²) in [6, 6.07) is 7.35. The summed E-state index contributed by atoms with van der Waals surface area (Å²) in [4.78, 5) is 16.1. The first-order chi connectivity index (χ1) is 10.2. The number of aliphatic imine (C=N–C) groups is 1. The number of ether oxygens (including phenoxy) is 1. The number of nitrogens with one attached hydrogen (secondary N) is 2. The van der Waals surface area contributed by atoms with Crippen molar-refractivity contribution >= 4 is 35.9 Å². The molecule has 0 aromatic heterocycles. The highest BCUT2D eigenvalue weighted by molar-refractivity contribution is 14.0. The molecule has 2 N–H and O–H groups in total. The summed E-state index contributed by atoms with van der Waals surface area (Å²) in [6.07, 6.45) is 1.05.